The molecule has 0 aromatic heterocycles. The van der Waals surface area contributed by atoms with Crippen LogP contribution in [0.25, 0.3) is 0 Å². The van der Waals surface area contributed by atoms with Crippen molar-refractivity contribution in [3.05, 3.63) is 17.2 Å². The summed E-state index contributed by atoms with van der Waals surface area (Å²) in [5.41, 5.74) is 1.15. The molecule has 0 atom stereocenters. The van der Waals surface area contributed by atoms with E-state index >= 15 is 0 Å². The quantitative estimate of drug-likeness (QED) is 0.830. The zero-order chi connectivity index (χ0) is 11.7. The van der Waals surface area contributed by atoms with E-state index in [-0.39, 0.29) is 17.3 Å². The summed E-state index contributed by atoms with van der Waals surface area (Å²) in [6, 6.07) is 1.62. The number of carbonyl (C=O) groups is 1. The van der Waals surface area contributed by atoms with Crippen LogP contribution in [0.5, 0.6) is 17.2 Å². The van der Waals surface area contributed by atoms with Crippen LogP contribution in [0.3, 0.4) is 0 Å². The second-order valence-corrected chi connectivity index (χ2v) is 3.76. The topological polar surface area (TPSA) is 55.8 Å². The van der Waals surface area contributed by atoms with Crippen molar-refractivity contribution in [2.75, 3.05) is 14.2 Å². The molecule has 86 valence electrons. The number of fused-ring (bicyclic) bond motifs is 1. The highest BCUT2D eigenvalue weighted by Gasteiger charge is 2.26. The third-order valence-electron chi connectivity index (χ3n) is 2.88. The first-order chi connectivity index (χ1) is 7.69. The molecule has 1 N–H and O–H groups in total. The molecule has 0 amide bonds. The van der Waals surface area contributed by atoms with E-state index in [9.17, 15) is 9.90 Å². The predicted octanol–water partition coefficient (Wildman–Crippen LogP) is 1.93. The summed E-state index contributed by atoms with van der Waals surface area (Å²) in [5, 5.41) is 9.92. The van der Waals surface area contributed by atoms with Crippen molar-refractivity contribution in [1.82, 2.24) is 0 Å². The fourth-order valence-corrected chi connectivity index (χ4v) is 2.10. The molecule has 0 spiro atoms. The van der Waals surface area contributed by atoms with Crippen molar-refractivity contribution in [1.29, 1.82) is 0 Å². The average Bonchev–Trinajstić information content (AvgIpc) is 2.30. The van der Waals surface area contributed by atoms with E-state index in [1.54, 1.807) is 13.2 Å². The van der Waals surface area contributed by atoms with E-state index in [0.29, 0.717) is 17.7 Å². The summed E-state index contributed by atoms with van der Waals surface area (Å²) in [5.74, 6) is 0.780. The number of methoxy groups -OCH3 is 2. The lowest BCUT2D eigenvalue weighted by Crippen LogP contribution is -2.12. The van der Waals surface area contributed by atoms with Crippen LogP contribution in [0, 0.1) is 0 Å². The molecule has 0 radical (unpaired) electrons. The van der Waals surface area contributed by atoms with Gasteiger partial charge in [0, 0.05) is 18.1 Å². The first-order valence-corrected chi connectivity index (χ1v) is 5.19. The molecule has 1 aromatic rings. The fourth-order valence-electron chi connectivity index (χ4n) is 2.10. The van der Waals surface area contributed by atoms with Gasteiger partial charge in [0.25, 0.3) is 0 Å². The van der Waals surface area contributed by atoms with Crippen molar-refractivity contribution < 1.29 is 19.4 Å². The van der Waals surface area contributed by atoms with Crippen LogP contribution in [0.1, 0.15) is 28.8 Å². The van der Waals surface area contributed by atoms with Crippen LogP contribution in [0.15, 0.2) is 6.07 Å². The maximum Gasteiger partial charge on any atom is 0.169 e. The van der Waals surface area contributed by atoms with Crippen molar-refractivity contribution in [3.63, 3.8) is 0 Å². The summed E-state index contributed by atoms with van der Waals surface area (Å²) in [6.07, 6.45) is 2.02. The van der Waals surface area contributed by atoms with E-state index in [0.717, 1.165) is 18.4 Å². The normalized spacial score (nSPS) is 14.5. The van der Waals surface area contributed by atoms with E-state index < -0.39 is 0 Å². The lowest BCUT2D eigenvalue weighted by molar-refractivity contribution is 0.0968. The highest BCUT2D eigenvalue weighted by atomic mass is 16.5. The minimum absolute atomic E-state index is 0.0454. The Morgan fingerprint density at radius 2 is 1.88 bits per heavy atom. The number of phenols is 1. The molecule has 1 aromatic carbocycles. The van der Waals surface area contributed by atoms with Crippen LogP contribution in [-0.2, 0) is 6.42 Å². The Bertz CT molecular complexity index is 437. The Hall–Kier alpha value is -1.71. The van der Waals surface area contributed by atoms with Gasteiger partial charge < -0.3 is 14.6 Å². The Morgan fingerprint density at radius 3 is 2.50 bits per heavy atom. The molecule has 0 saturated heterocycles. The molecule has 16 heavy (non-hydrogen) atoms. The third-order valence-corrected chi connectivity index (χ3v) is 2.88. The monoisotopic (exact) mass is 222 g/mol. The van der Waals surface area contributed by atoms with E-state index in [1.165, 1.54) is 7.11 Å². The highest BCUT2D eigenvalue weighted by Crippen LogP contribution is 2.41. The van der Waals surface area contributed by atoms with Gasteiger partial charge in [0.1, 0.15) is 5.75 Å². The zero-order valence-corrected chi connectivity index (χ0v) is 9.37. The Balaban J connectivity index is 2.69. The number of hydrogen-bond donors (Lipinski definition) is 1. The van der Waals surface area contributed by atoms with E-state index in [2.05, 4.69) is 0 Å². The van der Waals surface area contributed by atoms with Gasteiger partial charge in [-0.15, -0.1) is 0 Å². The van der Waals surface area contributed by atoms with Crippen LogP contribution in [0.2, 0.25) is 0 Å². The van der Waals surface area contributed by atoms with Gasteiger partial charge in [0.15, 0.2) is 17.3 Å². The molecule has 0 aliphatic heterocycles. The Morgan fingerprint density at radius 1 is 1.19 bits per heavy atom. The summed E-state index contributed by atoms with van der Waals surface area (Å²) in [4.78, 5) is 11.8. The summed E-state index contributed by atoms with van der Waals surface area (Å²) in [7, 11) is 3.00. The van der Waals surface area contributed by atoms with Gasteiger partial charge in [-0.3, -0.25) is 4.79 Å². The number of benzene rings is 1. The minimum Gasteiger partial charge on any atom is -0.504 e. The summed E-state index contributed by atoms with van der Waals surface area (Å²) >= 11 is 0. The Labute approximate surface area is 93.8 Å². The number of rotatable bonds is 2. The maximum atomic E-state index is 11.8. The minimum atomic E-state index is -0.0667. The number of ketones is 1. The molecule has 1 aliphatic carbocycles. The third kappa shape index (κ3) is 1.50. The van der Waals surface area contributed by atoms with Crippen LogP contribution in [0.4, 0.5) is 0 Å². The second-order valence-electron chi connectivity index (χ2n) is 3.76. The molecular weight excluding hydrogens is 208 g/mol. The number of ether oxygens (including phenoxy) is 2. The van der Waals surface area contributed by atoms with E-state index in [1.807, 2.05) is 0 Å². The van der Waals surface area contributed by atoms with Gasteiger partial charge in [-0.1, -0.05) is 0 Å². The molecule has 0 fully saturated rings. The van der Waals surface area contributed by atoms with Crippen LogP contribution >= 0.6 is 0 Å². The number of Topliss-reactive ketones (excluding diaryl/α,β-unsaturated/α-hetero) is 1. The molecule has 0 heterocycles. The van der Waals surface area contributed by atoms with Gasteiger partial charge in [0.05, 0.1) is 19.8 Å². The molecule has 4 nitrogen and oxygen atoms in total. The van der Waals surface area contributed by atoms with Crippen LogP contribution in [-0.4, -0.2) is 25.1 Å². The zero-order valence-electron chi connectivity index (χ0n) is 9.37. The number of phenolic OH excluding ortho intramolecular Hbond substituents is 1. The molecule has 0 saturated carbocycles. The van der Waals surface area contributed by atoms with Gasteiger partial charge in [-0.05, 0) is 12.8 Å². The Kier molecular flexibility index (Phi) is 2.73. The fraction of sp³-hybridized carbons (Fsp3) is 0.417. The van der Waals surface area contributed by atoms with Crippen molar-refractivity contribution in [2.45, 2.75) is 19.3 Å². The van der Waals surface area contributed by atoms with Crippen molar-refractivity contribution in [3.8, 4) is 17.2 Å². The van der Waals surface area contributed by atoms with Crippen molar-refractivity contribution in [2.24, 2.45) is 0 Å². The number of hydrogen-bond acceptors (Lipinski definition) is 4. The van der Waals surface area contributed by atoms with Gasteiger partial charge in [-0.25, -0.2) is 0 Å². The highest BCUT2D eigenvalue weighted by molar-refractivity contribution is 6.02. The van der Waals surface area contributed by atoms with Crippen molar-refractivity contribution >= 4 is 5.78 Å². The molecule has 0 bridgehead atoms. The first-order valence-electron chi connectivity index (χ1n) is 5.19. The standard InChI is InChI=1S/C12H14O4/c1-15-9-6-10(16-2)12(14)11-7(9)4-3-5-8(11)13/h6,14H,3-5H2,1-2H3. The number of aromatic hydroxyl groups is 1. The molecule has 1 aliphatic rings. The lowest BCUT2D eigenvalue weighted by Gasteiger charge is -2.20. The largest absolute Gasteiger partial charge is 0.504 e. The van der Waals surface area contributed by atoms with Gasteiger partial charge >= 0.3 is 0 Å². The summed E-state index contributed by atoms with van der Waals surface area (Å²) < 4.78 is 10.2. The molecule has 0 unspecified atom stereocenters. The van der Waals surface area contributed by atoms with Gasteiger partial charge in [0.2, 0.25) is 0 Å². The average molecular weight is 222 g/mol. The lowest BCUT2D eigenvalue weighted by atomic mass is 9.89. The van der Waals surface area contributed by atoms with E-state index in [4.69, 9.17) is 9.47 Å². The molecular formula is C12H14O4. The van der Waals surface area contributed by atoms with Gasteiger partial charge in [-0.2, -0.15) is 0 Å². The second kappa shape index (κ2) is 4.04. The summed E-state index contributed by atoms with van der Waals surface area (Å²) in [6.45, 7) is 0. The molecule has 2 rings (SSSR count). The number of carbonyl (C=O) groups excluding carboxylic acids is 1. The first kappa shape index (κ1) is 10.8. The SMILES string of the molecule is COc1cc(OC)c2c(c1O)C(=O)CCC2. The predicted molar refractivity (Wildman–Crippen MR) is 58.5 cm³/mol. The smallest absolute Gasteiger partial charge is 0.169 e. The maximum absolute atomic E-state index is 11.8. The van der Waals surface area contributed by atoms with Crippen LogP contribution < -0.4 is 9.47 Å². The molecule has 4 heteroatoms.